The van der Waals surface area contributed by atoms with Gasteiger partial charge in [-0.1, -0.05) is 11.6 Å². The number of nitrogens with zero attached hydrogens (tertiary/aromatic N) is 1. The summed E-state index contributed by atoms with van der Waals surface area (Å²) in [6, 6.07) is 5.08. The maximum atomic E-state index is 12.2. The molecule has 0 saturated carbocycles. The summed E-state index contributed by atoms with van der Waals surface area (Å²) in [6.07, 6.45) is 0. The second-order valence-corrected chi connectivity index (χ2v) is 5.96. The molecule has 0 unspecified atom stereocenters. The van der Waals surface area contributed by atoms with Gasteiger partial charge in [-0.15, -0.1) is 0 Å². The molecule has 21 heavy (non-hydrogen) atoms. The lowest BCUT2D eigenvalue weighted by atomic mass is 10.3. The van der Waals surface area contributed by atoms with Crippen molar-refractivity contribution in [2.45, 2.75) is 4.90 Å². The summed E-state index contributed by atoms with van der Waals surface area (Å²) in [5, 5.41) is 14.8. The molecule has 1 aromatic carbocycles. The van der Waals surface area contributed by atoms with Crippen molar-refractivity contribution in [3.8, 4) is 5.75 Å². The fourth-order valence-corrected chi connectivity index (χ4v) is 2.85. The Labute approximate surface area is 124 Å². The highest BCUT2D eigenvalue weighted by Gasteiger charge is 2.21. The minimum atomic E-state index is -3.99. The lowest BCUT2D eigenvalue weighted by molar-refractivity contribution is 0.0690. The molecule has 0 aliphatic heterocycles. The number of hydrogen-bond donors (Lipinski definition) is 3. The molecule has 8 nitrogen and oxygen atoms in total. The van der Waals surface area contributed by atoms with Gasteiger partial charge in [0.15, 0.2) is 5.82 Å². The lowest BCUT2D eigenvalue weighted by Crippen LogP contribution is -2.14. The second-order valence-electron chi connectivity index (χ2n) is 3.87. The van der Waals surface area contributed by atoms with Crippen molar-refractivity contribution in [2.75, 3.05) is 11.8 Å². The van der Waals surface area contributed by atoms with Gasteiger partial charge in [-0.05, 0) is 12.1 Å². The van der Waals surface area contributed by atoms with Crippen LogP contribution in [0.2, 0.25) is 5.02 Å². The van der Waals surface area contributed by atoms with Gasteiger partial charge in [0.25, 0.3) is 10.0 Å². The third-order valence-electron chi connectivity index (χ3n) is 2.46. The molecule has 0 atom stereocenters. The number of nitrogens with one attached hydrogen (secondary N) is 2. The van der Waals surface area contributed by atoms with Gasteiger partial charge in [-0.2, -0.15) is 5.10 Å². The number of methoxy groups -OCH3 is 1. The first-order valence-electron chi connectivity index (χ1n) is 5.48. The van der Waals surface area contributed by atoms with Crippen molar-refractivity contribution in [1.29, 1.82) is 0 Å². The number of anilines is 1. The van der Waals surface area contributed by atoms with Gasteiger partial charge in [0.05, 0.1) is 7.11 Å². The van der Waals surface area contributed by atoms with Crippen LogP contribution in [0.3, 0.4) is 0 Å². The molecular formula is C11H10ClN3O5S. The standard InChI is InChI=1S/C11H10ClN3O5S/c1-20-8-4-6(12)2-3-9(8)21(18,19)15-10-5-7(11(16)17)13-14-10/h2-5H,1H3,(H,16,17)(H2,13,14,15). The van der Waals surface area contributed by atoms with Crippen LogP contribution in [0.25, 0.3) is 0 Å². The summed E-state index contributed by atoms with van der Waals surface area (Å²) in [7, 11) is -2.69. The molecule has 112 valence electrons. The summed E-state index contributed by atoms with van der Waals surface area (Å²) >= 11 is 5.77. The summed E-state index contributed by atoms with van der Waals surface area (Å²) < 4.78 is 31.6. The van der Waals surface area contributed by atoms with E-state index in [2.05, 4.69) is 14.9 Å². The Bertz CT molecular complexity index is 787. The minimum Gasteiger partial charge on any atom is -0.495 e. The van der Waals surface area contributed by atoms with Crippen LogP contribution in [-0.4, -0.2) is 36.8 Å². The summed E-state index contributed by atoms with van der Waals surface area (Å²) in [5.41, 5.74) is -0.240. The van der Waals surface area contributed by atoms with E-state index in [9.17, 15) is 13.2 Å². The van der Waals surface area contributed by atoms with E-state index in [4.69, 9.17) is 21.4 Å². The monoisotopic (exact) mass is 331 g/mol. The number of carboxylic acids is 1. The second kappa shape index (κ2) is 5.62. The Kier molecular flexibility index (Phi) is 4.05. The fourth-order valence-electron chi connectivity index (χ4n) is 1.54. The van der Waals surface area contributed by atoms with E-state index in [1.807, 2.05) is 0 Å². The lowest BCUT2D eigenvalue weighted by Gasteiger charge is -2.10. The zero-order valence-electron chi connectivity index (χ0n) is 10.6. The number of sulfonamides is 1. The molecule has 2 aromatic rings. The van der Waals surface area contributed by atoms with Gasteiger partial charge < -0.3 is 9.84 Å². The Morgan fingerprint density at radius 1 is 1.43 bits per heavy atom. The highest BCUT2D eigenvalue weighted by atomic mass is 35.5. The van der Waals surface area contributed by atoms with Crippen molar-refractivity contribution in [3.63, 3.8) is 0 Å². The molecule has 1 heterocycles. The van der Waals surface area contributed by atoms with Gasteiger partial charge in [-0.3, -0.25) is 9.82 Å². The molecule has 0 spiro atoms. The number of H-pyrrole nitrogens is 1. The number of aromatic nitrogens is 2. The molecule has 0 bridgehead atoms. The Morgan fingerprint density at radius 3 is 2.71 bits per heavy atom. The fraction of sp³-hybridized carbons (Fsp3) is 0.0909. The van der Waals surface area contributed by atoms with Crippen LogP contribution in [0.4, 0.5) is 5.82 Å². The van der Waals surface area contributed by atoms with Crippen molar-refractivity contribution in [1.82, 2.24) is 10.2 Å². The van der Waals surface area contributed by atoms with Crippen molar-refractivity contribution in [3.05, 3.63) is 35.0 Å². The number of rotatable bonds is 5. The van der Waals surface area contributed by atoms with Gasteiger partial charge in [0.1, 0.15) is 16.3 Å². The summed E-state index contributed by atoms with van der Waals surface area (Å²) in [4.78, 5) is 10.6. The first-order valence-corrected chi connectivity index (χ1v) is 7.34. The molecule has 3 N–H and O–H groups in total. The molecule has 2 rings (SSSR count). The largest absolute Gasteiger partial charge is 0.495 e. The average Bonchev–Trinajstić information content (AvgIpc) is 2.86. The van der Waals surface area contributed by atoms with E-state index in [0.29, 0.717) is 5.02 Å². The normalized spacial score (nSPS) is 11.1. The Balaban J connectivity index is 2.35. The highest BCUT2D eigenvalue weighted by molar-refractivity contribution is 7.92. The first-order chi connectivity index (χ1) is 9.83. The topological polar surface area (TPSA) is 121 Å². The van der Waals surface area contributed by atoms with Crippen LogP contribution < -0.4 is 9.46 Å². The number of aromatic carboxylic acids is 1. The zero-order chi connectivity index (χ0) is 15.6. The van der Waals surface area contributed by atoms with Crippen molar-refractivity contribution >= 4 is 33.4 Å². The molecule has 10 heteroatoms. The van der Waals surface area contributed by atoms with E-state index in [-0.39, 0.29) is 22.2 Å². The molecular weight excluding hydrogens is 322 g/mol. The van der Waals surface area contributed by atoms with E-state index >= 15 is 0 Å². The maximum Gasteiger partial charge on any atom is 0.353 e. The number of halogens is 1. The number of hydrogen-bond acceptors (Lipinski definition) is 5. The Hall–Kier alpha value is -2.26. The van der Waals surface area contributed by atoms with Crippen molar-refractivity contribution in [2.24, 2.45) is 0 Å². The van der Waals surface area contributed by atoms with Crippen LogP contribution >= 0.6 is 11.6 Å². The predicted octanol–water partition coefficient (Wildman–Crippen LogP) is 1.57. The zero-order valence-corrected chi connectivity index (χ0v) is 12.2. The number of carboxylic acid groups (broad SMARTS) is 1. The highest BCUT2D eigenvalue weighted by Crippen LogP contribution is 2.28. The maximum absolute atomic E-state index is 12.2. The summed E-state index contributed by atoms with van der Waals surface area (Å²) in [5.74, 6) is -1.34. The molecule has 0 saturated heterocycles. The van der Waals surface area contributed by atoms with Gasteiger partial charge in [-0.25, -0.2) is 13.2 Å². The average molecular weight is 332 g/mol. The summed E-state index contributed by atoms with van der Waals surface area (Å²) in [6.45, 7) is 0. The smallest absolute Gasteiger partial charge is 0.353 e. The van der Waals surface area contributed by atoms with E-state index in [1.54, 1.807) is 0 Å². The number of ether oxygens (including phenoxy) is 1. The number of aromatic amines is 1. The third-order valence-corrected chi connectivity index (χ3v) is 4.09. The Morgan fingerprint density at radius 2 is 2.14 bits per heavy atom. The van der Waals surface area contributed by atoms with Crippen molar-refractivity contribution < 1.29 is 23.1 Å². The minimum absolute atomic E-state index is 0.0593. The third kappa shape index (κ3) is 3.26. The van der Waals surface area contributed by atoms with Gasteiger partial charge >= 0.3 is 5.97 Å². The van der Waals surface area contributed by atoms with Crippen LogP contribution in [0.1, 0.15) is 10.5 Å². The SMILES string of the molecule is COc1cc(Cl)ccc1S(=O)(=O)Nc1cc(C(=O)O)[nH]n1. The molecule has 0 fully saturated rings. The van der Waals surface area contributed by atoms with Crippen LogP contribution in [0.15, 0.2) is 29.2 Å². The van der Waals surface area contributed by atoms with Gasteiger partial charge in [0, 0.05) is 17.2 Å². The van der Waals surface area contributed by atoms with Crippen LogP contribution in [-0.2, 0) is 10.0 Å². The first kappa shape index (κ1) is 15.1. The molecule has 1 aromatic heterocycles. The van der Waals surface area contributed by atoms with E-state index < -0.39 is 16.0 Å². The van der Waals surface area contributed by atoms with Crippen LogP contribution in [0.5, 0.6) is 5.75 Å². The molecule has 0 aliphatic carbocycles. The number of benzene rings is 1. The number of carbonyl (C=O) groups is 1. The van der Waals surface area contributed by atoms with E-state index in [0.717, 1.165) is 6.07 Å². The molecule has 0 amide bonds. The van der Waals surface area contributed by atoms with Gasteiger partial charge in [0.2, 0.25) is 0 Å². The van der Waals surface area contributed by atoms with E-state index in [1.165, 1.54) is 25.3 Å². The molecule has 0 aliphatic rings. The predicted molar refractivity (Wildman–Crippen MR) is 74.4 cm³/mol. The quantitative estimate of drug-likeness (QED) is 0.764. The molecule has 0 radical (unpaired) electrons. The van der Waals surface area contributed by atoms with Crippen LogP contribution in [0, 0.1) is 0 Å².